The van der Waals surface area contributed by atoms with Gasteiger partial charge in [0.05, 0.1) is 6.10 Å². The summed E-state index contributed by atoms with van der Waals surface area (Å²) < 4.78 is 25.7. The molecule has 3 aliphatic rings. The Kier molecular flexibility index (Phi) is 4.03. The van der Waals surface area contributed by atoms with Crippen molar-refractivity contribution in [1.82, 2.24) is 0 Å². The van der Waals surface area contributed by atoms with Gasteiger partial charge in [0.1, 0.15) is 29.8 Å². The highest BCUT2D eigenvalue weighted by Gasteiger charge is 2.55. The number of aliphatic imine (C=N–C) groups is 1. The van der Waals surface area contributed by atoms with Crippen LogP contribution in [0.1, 0.15) is 24.8 Å². The maximum atomic E-state index is 13.9. The third-order valence-corrected chi connectivity index (χ3v) is 6.27. The van der Waals surface area contributed by atoms with Gasteiger partial charge < -0.3 is 20.3 Å². The average molecular weight is 403 g/mol. The van der Waals surface area contributed by atoms with Crippen molar-refractivity contribution < 1.29 is 19.0 Å². The maximum absolute atomic E-state index is 13.9. The second-order valence-electron chi connectivity index (χ2n) is 7.76. The number of amidine groups is 1. The summed E-state index contributed by atoms with van der Waals surface area (Å²) in [6.07, 6.45) is 1.49. The van der Waals surface area contributed by atoms with Crippen molar-refractivity contribution in [2.75, 3.05) is 6.61 Å². The molecule has 2 aromatic rings. The van der Waals surface area contributed by atoms with Gasteiger partial charge in [-0.25, -0.2) is 9.38 Å². The molecule has 5 rings (SSSR count). The molecule has 1 fully saturated rings. The van der Waals surface area contributed by atoms with Crippen molar-refractivity contribution in [3.63, 3.8) is 0 Å². The Hall–Kier alpha value is -2.31. The molecule has 28 heavy (non-hydrogen) atoms. The van der Waals surface area contributed by atoms with Gasteiger partial charge in [-0.1, -0.05) is 17.7 Å². The summed E-state index contributed by atoms with van der Waals surface area (Å²) in [5.74, 6) is 0.360. The molecule has 2 heterocycles. The van der Waals surface area contributed by atoms with Crippen LogP contribution in [-0.2, 0) is 10.3 Å². The van der Waals surface area contributed by atoms with E-state index in [9.17, 15) is 9.50 Å². The van der Waals surface area contributed by atoms with Crippen LogP contribution in [0.5, 0.6) is 5.75 Å². The number of aliphatic hydroxyl groups is 1. The molecule has 146 valence electrons. The molecule has 2 aromatic carbocycles. The number of nitrogens with zero attached hydrogens (tertiary/aromatic N) is 1. The topological polar surface area (TPSA) is 77.1 Å². The normalized spacial score (nSPS) is 30.8. The van der Waals surface area contributed by atoms with Gasteiger partial charge in [-0.15, -0.1) is 0 Å². The summed E-state index contributed by atoms with van der Waals surface area (Å²) in [5, 5.41) is 10.4. The van der Waals surface area contributed by atoms with Crippen molar-refractivity contribution in [2.24, 2.45) is 16.6 Å². The number of aliphatic hydroxyl groups excluding tert-OH is 1. The molecule has 0 amide bonds. The van der Waals surface area contributed by atoms with E-state index in [1.807, 2.05) is 18.2 Å². The smallest absolute Gasteiger partial charge is 0.283 e. The molecule has 1 spiro atoms. The van der Waals surface area contributed by atoms with E-state index in [1.165, 1.54) is 12.1 Å². The third kappa shape index (κ3) is 2.74. The summed E-state index contributed by atoms with van der Waals surface area (Å²) in [4.78, 5) is 4.71. The largest absolute Gasteiger partial charge is 0.490 e. The van der Waals surface area contributed by atoms with Crippen molar-refractivity contribution in [1.29, 1.82) is 0 Å². The highest BCUT2D eigenvalue weighted by atomic mass is 35.5. The summed E-state index contributed by atoms with van der Waals surface area (Å²) >= 11 is 6.04. The lowest BCUT2D eigenvalue weighted by Crippen LogP contribution is -2.51. The summed E-state index contributed by atoms with van der Waals surface area (Å²) in [6, 6.07) is 10.3. The first kappa shape index (κ1) is 17.8. The van der Waals surface area contributed by atoms with E-state index in [1.54, 1.807) is 6.07 Å². The van der Waals surface area contributed by atoms with Crippen molar-refractivity contribution in [2.45, 2.75) is 37.0 Å². The summed E-state index contributed by atoms with van der Waals surface area (Å²) in [7, 11) is 0. The Morgan fingerprint density at radius 2 is 2.04 bits per heavy atom. The molecule has 3 unspecified atom stereocenters. The van der Waals surface area contributed by atoms with Crippen LogP contribution in [0.2, 0.25) is 5.02 Å². The molecular formula is C21H20ClFN2O3. The van der Waals surface area contributed by atoms with Gasteiger partial charge in [-0.3, -0.25) is 0 Å². The first-order chi connectivity index (χ1) is 13.4. The monoisotopic (exact) mass is 402 g/mol. The Bertz CT molecular complexity index is 962. The van der Waals surface area contributed by atoms with Gasteiger partial charge in [-0.05, 0) is 54.3 Å². The van der Waals surface area contributed by atoms with Crippen molar-refractivity contribution in [3.8, 4) is 16.9 Å². The molecule has 2 aliphatic heterocycles. The quantitative estimate of drug-likeness (QED) is 0.764. The lowest BCUT2D eigenvalue weighted by atomic mass is 9.67. The number of halogens is 2. The van der Waals surface area contributed by atoms with E-state index in [0.717, 1.165) is 17.5 Å². The van der Waals surface area contributed by atoms with Crippen LogP contribution < -0.4 is 10.5 Å². The highest BCUT2D eigenvalue weighted by molar-refractivity contribution is 6.30. The first-order valence-electron chi connectivity index (χ1n) is 9.38. The zero-order chi connectivity index (χ0) is 19.5. The van der Waals surface area contributed by atoms with E-state index in [4.69, 9.17) is 31.8 Å². The van der Waals surface area contributed by atoms with E-state index >= 15 is 0 Å². The third-order valence-electron chi connectivity index (χ3n) is 6.05. The van der Waals surface area contributed by atoms with Crippen LogP contribution in [0, 0.1) is 11.7 Å². The summed E-state index contributed by atoms with van der Waals surface area (Å²) in [6.45, 7) is 0.333. The Labute approximate surface area is 166 Å². The zero-order valence-corrected chi connectivity index (χ0v) is 15.8. The van der Waals surface area contributed by atoms with Crippen LogP contribution in [0.15, 0.2) is 41.4 Å². The molecule has 1 saturated carbocycles. The molecule has 4 atom stereocenters. The summed E-state index contributed by atoms with van der Waals surface area (Å²) in [5.41, 5.74) is 7.63. The van der Waals surface area contributed by atoms with Gasteiger partial charge in [0.15, 0.2) is 0 Å². The van der Waals surface area contributed by atoms with Crippen LogP contribution in [0.25, 0.3) is 11.1 Å². The molecular weight excluding hydrogens is 383 g/mol. The fraction of sp³-hybridized carbons (Fsp3) is 0.381. The fourth-order valence-corrected chi connectivity index (χ4v) is 5.01. The van der Waals surface area contributed by atoms with Gasteiger partial charge in [0.25, 0.3) is 6.02 Å². The molecule has 0 radical (unpaired) electrons. The van der Waals surface area contributed by atoms with E-state index in [0.29, 0.717) is 35.8 Å². The van der Waals surface area contributed by atoms with Crippen molar-refractivity contribution in [3.05, 3.63) is 52.8 Å². The second kappa shape index (κ2) is 6.36. The van der Waals surface area contributed by atoms with Gasteiger partial charge >= 0.3 is 0 Å². The Balaban J connectivity index is 1.66. The number of rotatable bonds is 1. The predicted octanol–water partition coefficient (Wildman–Crippen LogP) is 3.61. The Morgan fingerprint density at radius 3 is 2.79 bits per heavy atom. The van der Waals surface area contributed by atoms with E-state index in [-0.39, 0.29) is 30.0 Å². The van der Waals surface area contributed by atoms with Gasteiger partial charge in [-0.2, -0.15) is 0 Å². The van der Waals surface area contributed by atoms with Crippen LogP contribution >= 0.6 is 11.6 Å². The zero-order valence-electron chi connectivity index (χ0n) is 15.1. The fourth-order valence-electron chi connectivity index (χ4n) is 4.79. The SMILES string of the molecule is NC1=NC2(CO1)c1cc(-c3cc(F)cc(Cl)c3)ccc1OC1CC(O)CC[C@@H]12. The standard InChI is InChI=1S/C21H20ClFN2O3/c22-13-5-12(6-14(23)8-13)11-1-4-18-17(7-11)21(10-27-20(24)25-21)16-3-2-15(26)9-19(16)28-18/h1,4-8,15-16,19,26H,2-3,9-10H2,(H2,24,25)/t15?,16-,19?,21?/m0/s1. The van der Waals surface area contributed by atoms with Crippen LogP contribution in [0.4, 0.5) is 4.39 Å². The molecule has 3 N–H and O–H groups in total. The first-order valence-corrected chi connectivity index (χ1v) is 9.76. The van der Waals surface area contributed by atoms with E-state index in [2.05, 4.69) is 0 Å². The lowest BCUT2D eigenvalue weighted by molar-refractivity contribution is -0.0360. The van der Waals surface area contributed by atoms with Gasteiger partial charge in [0, 0.05) is 22.9 Å². The van der Waals surface area contributed by atoms with Crippen LogP contribution in [0.3, 0.4) is 0 Å². The number of hydrogen-bond acceptors (Lipinski definition) is 5. The predicted molar refractivity (Wildman–Crippen MR) is 104 cm³/mol. The average Bonchev–Trinajstić information content (AvgIpc) is 3.03. The number of ether oxygens (including phenoxy) is 2. The lowest BCUT2D eigenvalue weighted by Gasteiger charge is -2.47. The Morgan fingerprint density at radius 1 is 1.18 bits per heavy atom. The maximum Gasteiger partial charge on any atom is 0.283 e. The minimum atomic E-state index is -0.657. The number of hydrogen-bond donors (Lipinski definition) is 2. The number of benzene rings is 2. The molecule has 0 aromatic heterocycles. The van der Waals surface area contributed by atoms with Crippen molar-refractivity contribution >= 4 is 17.6 Å². The second-order valence-corrected chi connectivity index (χ2v) is 8.20. The van der Waals surface area contributed by atoms with E-state index < -0.39 is 5.54 Å². The molecule has 0 bridgehead atoms. The highest BCUT2D eigenvalue weighted by Crippen LogP contribution is 2.53. The van der Waals surface area contributed by atoms with Gasteiger partial charge in [0.2, 0.25) is 0 Å². The number of nitrogens with two attached hydrogens (primary N) is 1. The minimum absolute atomic E-state index is 0.0517. The minimum Gasteiger partial charge on any atom is -0.490 e. The van der Waals surface area contributed by atoms with Crippen LogP contribution in [-0.4, -0.2) is 29.9 Å². The molecule has 0 saturated heterocycles. The molecule has 7 heteroatoms. The molecule has 5 nitrogen and oxygen atoms in total. The number of fused-ring (bicyclic) bond motifs is 4. The molecule has 1 aliphatic carbocycles.